The van der Waals surface area contributed by atoms with Crippen LogP contribution in [0.3, 0.4) is 0 Å². The van der Waals surface area contributed by atoms with Crippen LogP contribution >= 0.6 is 0 Å². The summed E-state index contributed by atoms with van der Waals surface area (Å²) >= 11 is 0. The predicted octanol–water partition coefficient (Wildman–Crippen LogP) is 3.06. The van der Waals surface area contributed by atoms with Gasteiger partial charge in [0.2, 0.25) is 0 Å². The first-order chi connectivity index (χ1) is 9.02. The second-order valence-corrected chi connectivity index (χ2v) is 4.83. The predicted molar refractivity (Wildman–Crippen MR) is 77.5 cm³/mol. The van der Waals surface area contributed by atoms with E-state index in [-0.39, 0.29) is 6.04 Å². The van der Waals surface area contributed by atoms with Gasteiger partial charge in [0.15, 0.2) is 0 Å². The van der Waals surface area contributed by atoms with E-state index in [4.69, 9.17) is 10.5 Å². The van der Waals surface area contributed by atoms with E-state index in [2.05, 4.69) is 18.0 Å². The van der Waals surface area contributed by atoms with E-state index in [0.717, 1.165) is 33.8 Å². The Balaban J connectivity index is 2.41. The van der Waals surface area contributed by atoms with Crippen molar-refractivity contribution >= 4 is 0 Å². The Morgan fingerprint density at radius 3 is 2.32 bits per heavy atom. The second-order valence-electron chi connectivity index (χ2n) is 4.83. The van der Waals surface area contributed by atoms with Crippen molar-refractivity contribution in [2.24, 2.45) is 5.73 Å². The number of nitrogens with zero attached hydrogens (tertiary/aromatic N) is 1. The molecule has 1 heterocycles. The Bertz CT molecular complexity index is 593. The van der Waals surface area contributed by atoms with Crippen LogP contribution in [0.15, 0.2) is 30.3 Å². The van der Waals surface area contributed by atoms with E-state index in [1.807, 2.05) is 38.1 Å². The summed E-state index contributed by atoms with van der Waals surface area (Å²) in [6.45, 7) is 6.04. The molecule has 0 aliphatic carbocycles. The molecule has 3 heteroatoms. The number of aromatic nitrogens is 1. The molecule has 0 radical (unpaired) electrons. The van der Waals surface area contributed by atoms with Gasteiger partial charge in [-0.05, 0) is 55.7 Å². The van der Waals surface area contributed by atoms with Gasteiger partial charge in [-0.2, -0.15) is 0 Å². The second kappa shape index (κ2) is 5.41. The fourth-order valence-corrected chi connectivity index (χ4v) is 2.32. The Kier molecular flexibility index (Phi) is 3.86. The van der Waals surface area contributed by atoms with Gasteiger partial charge < -0.3 is 10.5 Å². The molecule has 19 heavy (non-hydrogen) atoms. The quantitative estimate of drug-likeness (QED) is 0.918. The van der Waals surface area contributed by atoms with Gasteiger partial charge in [-0.3, -0.25) is 4.98 Å². The lowest BCUT2D eigenvalue weighted by Gasteiger charge is -2.18. The minimum absolute atomic E-state index is 0.154. The maximum atomic E-state index is 6.38. The Hall–Kier alpha value is -1.87. The largest absolute Gasteiger partial charge is 0.497 e. The van der Waals surface area contributed by atoms with Gasteiger partial charge in [0, 0.05) is 11.4 Å². The highest BCUT2D eigenvalue weighted by Gasteiger charge is 2.14. The zero-order chi connectivity index (χ0) is 14.0. The molecule has 2 rings (SSSR count). The Morgan fingerprint density at radius 2 is 1.74 bits per heavy atom. The summed E-state index contributed by atoms with van der Waals surface area (Å²) in [7, 11) is 1.67. The van der Waals surface area contributed by atoms with Crippen LogP contribution in [0.2, 0.25) is 0 Å². The lowest BCUT2D eigenvalue weighted by molar-refractivity contribution is 0.414. The molecule has 0 aliphatic heterocycles. The van der Waals surface area contributed by atoms with Crippen LogP contribution in [0.25, 0.3) is 0 Å². The minimum atomic E-state index is -0.154. The third-order valence-electron chi connectivity index (χ3n) is 3.41. The Labute approximate surface area is 114 Å². The number of nitrogens with two attached hydrogens (primary N) is 1. The van der Waals surface area contributed by atoms with Crippen LogP contribution < -0.4 is 10.5 Å². The number of pyridine rings is 1. The minimum Gasteiger partial charge on any atom is -0.497 e. The molecule has 0 saturated carbocycles. The summed E-state index contributed by atoms with van der Waals surface area (Å²) in [5.41, 5.74) is 11.7. The SMILES string of the molecule is COc1ccc(C(N)c2ccc(C)nc2C)c(C)c1. The molecule has 0 amide bonds. The highest BCUT2D eigenvalue weighted by molar-refractivity contribution is 5.42. The van der Waals surface area contributed by atoms with Crippen molar-refractivity contribution in [3.63, 3.8) is 0 Å². The normalized spacial score (nSPS) is 12.3. The molecular formula is C16H20N2O. The van der Waals surface area contributed by atoms with Crippen LogP contribution in [0.5, 0.6) is 5.75 Å². The molecule has 0 aliphatic rings. The first kappa shape index (κ1) is 13.6. The third kappa shape index (κ3) is 2.76. The van der Waals surface area contributed by atoms with Crippen molar-refractivity contribution in [2.45, 2.75) is 26.8 Å². The Morgan fingerprint density at radius 1 is 1.05 bits per heavy atom. The maximum Gasteiger partial charge on any atom is 0.119 e. The molecule has 0 spiro atoms. The molecule has 0 bridgehead atoms. The van der Waals surface area contributed by atoms with Crippen molar-refractivity contribution < 1.29 is 4.74 Å². The third-order valence-corrected chi connectivity index (χ3v) is 3.41. The molecule has 0 saturated heterocycles. The van der Waals surface area contributed by atoms with Gasteiger partial charge in [0.1, 0.15) is 5.75 Å². The van der Waals surface area contributed by atoms with E-state index in [0.29, 0.717) is 0 Å². The van der Waals surface area contributed by atoms with Crippen molar-refractivity contribution in [3.8, 4) is 5.75 Å². The molecule has 1 unspecified atom stereocenters. The number of benzene rings is 1. The van der Waals surface area contributed by atoms with Crippen LogP contribution in [0.4, 0.5) is 0 Å². The molecule has 3 nitrogen and oxygen atoms in total. The van der Waals surface area contributed by atoms with Gasteiger partial charge in [-0.25, -0.2) is 0 Å². The molecule has 1 aromatic heterocycles. The maximum absolute atomic E-state index is 6.38. The van der Waals surface area contributed by atoms with E-state index >= 15 is 0 Å². The summed E-state index contributed by atoms with van der Waals surface area (Å²) < 4.78 is 5.22. The van der Waals surface area contributed by atoms with E-state index in [1.165, 1.54) is 0 Å². The van der Waals surface area contributed by atoms with Gasteiger partial charge in [-0.15, -0.1) is 0 Å². The molecule has 1 atom stereocenters. The van der Waals surface area contributed by atoms with Gasteiger partial charge >= 0.3 is 0 Å². The molecular weight excluding hydrogens is 236 g/mol. The van der Waals surface area contributed by atoms with Gasteiger partial charge in [0.25, 0.3) is 0 Å². The number of rotatable bonds is 3. The van der Waals surface area contributed by atoms with Crippen LogP contribution in [0, 0.1) is 20.8 Å². The summed E-state index contributed by atoms with van der Waals surface area (Å²) in [6, 6.07) is 9.88. The first-order valence-corrected chi connectivity index (χ1v) is 6.37. The van der Waals surface area contributed by atoms with E-state index in [9.17, 15) is 0 Å². The van der Waals surface area contributed by atoms with Crippen molar-refractivity contribution in [2.75, 3.05) is 7.11 Å². The number of hydrogen-bond donors (Lipinski definition) is 1. The van der Waals surface area contributed by atoms with Crippen molar-refractivity contribution in [3.05, 3.63) is 58.4 Å². The van der Waals surface area contributed by atoms with Crippen molar-refractivity contribution in [1.29, 1.82) is 0 Å². The summed E-state index contributed by atoms with van der Waals surface area (Å²) in [4.78, 5) is 4.48. The molecule has 1 aromatic carbocycles. The monoisotopic (exact) mass is 256 g/mol. The standard InChI is InChI=1S/C16H20N2O/c1-10-9-13(19-4)6-8-14(10)16(17)15-7-5-11(2)18-12(15)3/h5-9,16H,17H2,1-4H3. The highest BCUT2D eigenvalue weighted by Crippen LogP contribution is 2.27. The summed E-state index contributed by atoms with van der Waals surface area (Å²) in [5, 5.41) is 0. The lowest BCUT2D eigenvalue weighted by Crippen LogP contribution is -2.15. The number of methoxy groups -OCH3 is 1. The fraction of sp³-hybridized carbons (Fsp3) is 0.312. The van der Waals surface area contributed by atoms with Crippen LogP contribution in [-0.2, 0) is 0 Å². The fourth-order valence-electron chi connectivity index (χ4n) is 2.32. The van der Waals surface area contributed by atoms with E-state index < -0.39 is 0 Å². The number of aryl methyl sites for hydroxylation is 3. The number of hydrogen-bond acceptors (Lipinski definition) is 3. The smallest absolute Gasteiger partial charge is 0.119 e. The zero-order valence-electron chi connectivity index (χ0n) is 11.9. The zero-order valence-corrected chi connectivity index (χ0v) is 11.9. The highest BCUT2D eigenvalue weighted by atomic mass is 16.5. The number of ether oxygens (including phenoxy) is 1. The average molecular weight is 256 g/mol. The summed E-state index contributed by atoms with van der Waals surface area (Å²) in [6.07, 6.45) is 0. The lowest BCUT2D eigenvalue weighted by atomic mass is 9.94. The average Bonchev–Trinajstić information content (AvgIpc) is 2.37. The first-order valence-electron chi connectivity index (χ1n) is 6.37. The van der Waals surface area contributed by atoms with Gasteiger partial charge in [0.05, 0.1) is 13.2 Å². The van der Waals surface area contributed by atoms with Crippen LogP contribution in [0.1, 0.15) is 34.1 Å². The topological polar surface area (TPSA) is 48.1 Å². The van der Waals surface area contributed by atoms with E-state index in [1.54, 1.807) is 7.11 Å². The molecule has 2 N–H and O–H groups in total. The van der Waals surface area contributed by atoms with Crippen LogP contribution in [-0.4, -0.2) is 12.1 Å². The van der Waals surface area contributed by atoms with Gasteiger partial charge in [-0.1, -0.05) is 12.1 Å². The summed E-state index contributed by atoms with van der Waals surface area (Å²) in [5.74, 6) is 0.854. The molecule has 100 valence electrons. The molecule has 2 aromatic rings. The molecule has 0 fully saturated rings. The van der Waals surface area contributed by atoms with Crippen molar-refractivity contribution in [1.82, 2.24) is 4.98 Å².